The fourth-order valence-electron chi connectivity index (χ4n) is 2.69. The average Bonchev–Trinajstić information content (AvgIpc) is 2.39. The van der Waals surface area contributed by atoms with Crippen molar-refractivity contribution in [3.05, 3.63) is 35.9 Å². The summed E-state index contributed by atoms with van der Waals surface area (Å²) in [5.41, 5.74) is 6.29. The van der Waals surface area contributed by atoms with Gasteiger partial charge in [0.25, 0.3) is 0 Å². The second kappa shape index (κ2) is 6.20. The number of nitrogens with two attached hydrogens (primary N) is 1. The molecule has 0 aliphatic carbocycles. The van der Waals surface area contributed by atoms with E-state index in [1.165, 1.54) is 19.3 Å². The fraction of sp³-hybridized carbons (Fsp3) is 0.562. The molecule has 1 heterocycles. The first-order chi connectivity index (χ1) is 9.12. The Morgan fingerprint density at radius 1 is 1.05 bits per heavy atom. The molecule has 0 radical (unpaired) electrons. The van der Waals surface area contributed by atoms with E-state index in [0.717, 1.165) is 31.5 Å². The molecular weight excluding hydrogens is 236 g/mol. The summed E-state index contributed by atoms with van der Waals surface area (Å²) in [6.07, 6.45) is 5.92. The van der Waals surface area contributed by atoms with E-state index >= 15 is 0 Å². The van der Waals surface area contributed by atoms with Crippen LogP contribution in [0, 0.1) is 0 Å². The molecular formula is C16H24N2O. The summed E-state index contributed by atoms with van der Waals surface area (Å²) in [4.78, 5) is 14.6. The maximum atomic E-state index is 12.7. The zero-order chi connectivity index (χ0) is 13.7. The number of carbonyl (C=O) groups excluding carboxylic acids is 1. The summed E-state index contributed by atoms with van der Waals surface area (Å²) < 4.78 is 0. The lowest BCUT2D eigenvalue weighted by Crippen LogP contribution is -2.51. The van der Waals surface area contributed by atoms with Crippen molar-refractivity contribution < 1.29 is 4.79 Å². The van der Waals surface area contributed by atoms with Gasteiger partial charge in [-0.3, -0.25) is 4.79 Å². The highest BCUT2D eigenvalue weighted by Gasteiger charge is 2.34. The van der Waals surface area contributed by atoms with Crippen LogP contribution in [0.2, 0.25) is 0 Å². The number of amides is 1. The van der Waals surface area contributed by atoms with E-state index in [-0.39, 0.29) is 5.91 Å². The zero-order valence-corrected chi connectivity index (χ0v) is 11.8. The summed E-state index contributed by atoms with van der Waals surface area (Å²) in [5, 5.41) is 0. The van der Waals surface area contributed by atoms with Crippen molar-refractivity contribution in [3.8, 4) is 0 Å². The Kier molecular flexibility index (Phi) is 4.59. The molecule has 2 rings (SSSR count). The van der Waals surface area contributed by atoms with Crippen LogP contribution in [0.1, 0.15) is 44.6 Å². The van der Waals surface area contributed by atoms with Gasteiger partial charge in [0.05, 0.1) is 0 Å². The Bertz CT molecular complexity index is 406. The molecule has 2 N–H and O–H groups in total. The summed E-state index contributed by atoms with van der Waals surface area (Å²) in [6, 6.07) is 9.67. The smallest absolute Gasteiger partial charge is 0.246 e. The maximum absolute atomic E-state index is 12.7. The Labute approximate surface area is 115 Å². The average molecular weight is 260 g/mol. The van der Waals surface area contributed by atoms with E-state index in [1.807, 2.05) is 42.2 Å². The van der Waals surface area contributed by atoms with Crippen molar-refractivity contribution in [2.75, 3.05) is 13.1 Å². The van der Waals surface area contributed by atoms with Crippen molar-refractivity contribution in [2.24, 2.45) is 5.73 Å². The van der Waals surface area contributed by atoms with Gasteiger partial charge in [-0.05, 0) is 25.3 Å². The van der Waals surface area contributed by atoms with Gasteiger partial charge in [0.15, 0.2) is 0 Å². The van der Waals surface area contributed by atoms with E-state index in [2.05, 4.69) is 0 Å². The minimum atomic E-state index is -0.916. The number of nitrogens with zero attached hydrogens (tertiary/aromatic N) is 1. The third kappa shape index (κ3) is 3.35. The molecule has 1 amide bonds. The number of rotatable bonds is 2. The molecule has 0 saturated carbocycles. The fourth-order valence-corrected chi connectivity index (χ4v) is 2.69. The molecule has 1 saturated heterocycles. The van der Waals surface area contributed by atoms with Crippen LogP contribution in [0.5, 0.6) is 0 Å². The predicted octanol–water partition coefficient (Wildman–Crippen LogP) is 2.65. The molecule has 1 aromatic carbocycles. The monoisotopic (exact) mass is 260 g/mol. The van der Waals surface area contributed by atoms with Gasteiger partial charge in [-0.15, -0.1) is 0 Å². The van der Waals surface area contributed by atoms with Gasteiger partial charge >= 0.3 is 0 Å². The normalized spacial score (nSPS) is 20.2. The highest BCUT2D eigenvalue weighted by Crippen LogP contribution is 2.22. The van der Waals surface area contributed by atoms with Crippen molar-refractivity contribution in [1.29, 1.82) is 0 Å². The van der Waals surface area contributed by atoms with Crippen LogP contribution in [0.3, 0.4) is 0 Å². The highest BCUT2D eigenvalue weighted by molar-refractivity contribution is 5.87. The van der Waals surface area contributed by atoms with Crippen LogP contribution < -0.4 is 5.73 Å². The van der Waals surface area contributed by atoms with E-state index in [1.54, 1.807) is 0 Å². The van der Waals surface area contributed by atoms with Crippen LogP contribution >= 0.6 is 0 Å². The standard InChI is InChI=1S/C16H24N2O/c1-16(17,14-10-6-5-7-11-14)15(19)18-12-8-3-2-4-9-13-18/h5-7,10-11H,2-4,8-9,12-13,17H2,1H3. The Morgan fingerprint density at radius 3 is 2.16 bits per heavy atom. The summed E-state index contributed by atoms with van der Waals surface area (Å²) in [5.74, 6) is 0.0561. The van der Waals surface area contributed by atoms with Crippen molar-refractivity contribution >= 4 is 5.91 Å². The topological polar surface area (TPSA) is 46.3 Å². The van der Waals surface area contributed by atoms with Crippen molar-refractivity contribution in [2.45, 2.75) is 44.6 Å². The molecule has 104 valence electrons. The lowest BCUT2D eigenvalue weighted by molar-refractivity contribution is -0.137. The van der Waals surface area contributed by atoms with Crippen LogP contribution in [-0.2, 0) is 10.3 Å². The molecule has 3 heteroatoms. The first-order valence-corrected chi connectivity index (χ1v) is 7.26. The molecule has 0 aromatic heterocycles. The highest BCUT2D eigenvalue weighted by atomic mass is 16.2. The van der Waals surface area contributed by atoms with Gasteiger partial charge in [-0.2, -0.15) is 0 Å². The quantitative estimate of drug-likeness (QED) is 0.888. The Balaban J connectivity index is 2.12. The van der Waals surface area contributed by atoms with Gasteiger partial charge in [0.2, 0.25) is 5.91 Å². The third-order valence-corrected chi connectivity index (χ3v) is 3.96. The number of hydrogen-bond acceptors (Lipinski definition) is 2. The number of benzene rings is 1. The van der Waals surface area contributed by atoms with Crippen LogP contribution in [0.25, 0.3) is 0 Å². The number of likely N-dealkylation sites (tertiary alicyclic amines) is 1. The molecule has 1 aromatic rings. The second-order valence-electron chi connectivity index (χ2n) is 5.63. The van der Waals surface area contributed by atoms with Gasteiger partial charge in [0.1, 0.15) is 5.54 Å². The third-order valence-electron chi connectivity index (χ3n) is 3.96. The minimum Gasteiger partial charge on any atom is -0.341 e. The van der Waals surface area contributed by atoms with Crippen LogP contribution in [0.15, 0.2) is 30.3 Å². The molecule has 1 aliphatic rings. The molecule has 0 bridgehead atoms. The molecule has 1 aliphatic heterocycles. The zero-order valence-electron chi connectivity index (χ0n) is 11.8. The molecule has 3 nitrogen and oxygen atoms in total. The largest absolute Gasteiger partial charge is 0.341 e. The lowest BCUT2D eigenvalue weighted by Gasteiger charge is -2.33. The van der Waals surface area contributed by atoms with E-state index in [9.17, 15) is 4.79 Å². The maximum Gasteiger partial charge on any atom is 0.246 e. The summed E-state index contributed by atoms with van der Waals surface area (Å²) >= 11 is 0. The molecule has 1 fully saturated rings. The minimum absolute atomic E-state index is 0.0561. The van der Waals surface area contributed by atoms with Gasteiger partial charge in [-0.1, -0.05) is 49.6 Å². The number of hydrogen-bond donors (Lipinski definition) is 1. The molecule has 0 spiro atoms. The predicted molar refractivity (Wildman–Crippen MR) is 77.6 cm³/mol. The SMILES string of the molecule is CC(N)(C(=O)N1CCCCCCC1)c1ccccc1. The first kappa shape index (κ1) is 14.1. The Hall–Kier alpha value is -1.35. The van der Waals surface area contributed by atoms with E-state index in [4.69, 9.17) is 5.73 Å². The Morgan fingerprint density at radius 2 is 1.58 bits per heavy atom. The molecule has 19 heavy (non-hydrogen) atoms. The van der Waals surface area contributed by atoms with Gasteiger partial charge < -0.3 is 10.6 Å². The van der Waals surface area contributed by atoms with Crippen LogP contribution in [0.4, 0.5) is 0 Å². The van der Waals surface area contributed by atoms with E-state index in [0.29, 0.717) is 0 Å². The van der Waals surface area contributed by atoms with Gasteiger partial charge in [-0.25, -0.2) is 0 Å². The van der Waals surface area contributed by atoms with E-state index < -0.39 is 5.54 Å². The number of carbonyl (C=O) groups is 1. The summed E-state index contributed by atoms with van der Waals surface area (Å²) in [7, 11) is 0. The molecule has 1 atom stereocenters. The first-order valence-electron chi connectivity index (χ1n) is 7.26. The second-order valence-corrected chi connectivity index (χ2v) is 5.63. The van der Waals surface area contributed by atoms with Gasteiger partial charge in [0, 0.05) is 13.1 Å². The van der Waals surface area contributed by atoms with Crippen molar-refractivity contribution in [1.82, 2.24) is 4.90 Å². The lowest BCUT2D eigenvalue weighted by atomic mass is 9.91. The summed E-state index contributed by atoms with van der Waals surface area (Å²) in [6.45, 7) is 3.51. The van der Waals surface area contributed by atoms with Crippen molar-refractivity contribution in [3.63, 3.8) is 0 Å². The van der Waals surface area contributed by atoms with Crippen LogP contribution in [-0.4, -0.2) is 23.9 Å². The molecule has 1 unspecified atom stereocenters.